The molecule has 0 spiro atoms. The molecule has 0 aromatic heterocycles. The zero-order valence-corrected chi connectivity index (χ0v) is 65.1. The van der Waals surface area contributed by atoms with Gasteiger partial charge in [-0.2, -0.15) is 0 Å². The number of methoxy groups -OCH3 is 1. The monoisotopic (exact) mass is 1430 g/mol. The summed E-state index contributed by atoms with van der Waals surface area (Å²) in [4.78, 5) is 0. The van der Waals surface area contributed by atoms with E-state index in [-0.39, 0.29) is 0 Å². The average molecular weight is 1430 g/mol. The molecule has 0 amide bonds. The van der Waals surface area contributed by atoms with Gasteiger partial charge in [-0.25, -0.2) is 0 Å². The lowest BCUT2D eigenvalue weighted by Crippen LogP contribution is -2.00. The van der Waals surface area contributed by atoms with Gasteiger partial charge in [-0.3, -0.25) is 0 Å². The highest BCUT2D eigenvalue weighted by atomic mass is 16.5. The van der Waals surface area contributed by atoms with Gasteiger partial charge in [0.2, 0.25) is 0 Å². The lowest BCUT2D eigenvalue weighted by atomic mass is 9.96. The molecule has 108 heavy (non-hydrogen) atoms. The molecule has 6 nitrogen and oxygen atoms in total. The molecule has 0 fully saturated rings. The number of hydrogen-bond donors (Lipinski definition) is 0. The zero-order chi connectivity index (χ0) is 77.2. The number of aryl methyl sites for hydroxylation is 6. The summed E-state index contributed by atoms with van der Waals surface area (Å²) in [5.41, 5.74) is 26.8. The molecule has 0 heterocycles. The van der Waals surface area contributed by atoms with Crippen LogP contribution in [0.15, 0.2) is 331 Å². The molecule has 0 aliphatic rings. The van der Waals surface area contributed by atoms with Crippen LogP contribution < -0.4 is 28.4 Å². The Bertz CT molecular complexity index is 4820. The summed E-state index contributed by atoms with van der Waals surface area (Å²) in [6.45, 7) is 43.1. The topological polar surface area (TPSA) is 55.4 Å². The van der Waals surface area contributed by atoms with Crippen LogP contribution in [0, 0.1) is 41.5 Å². The Morgan fingerprint density at radius 1 is 0.287 bits per heavy atom. The summed E-state index contributed by atoms with van der Waals surface area (Å²) in [5, 5.41) is 0. The number of allylic oxidation sites excluding steroid dienone is 6. The van der Waals surface area contributed by atoms with Crippen LogP contribution >= 0.6 is 0 Å². The number of rotatable bonds is 27. The first-order valence-electron chi connectivity index (χ1n) is 37.0. The highest BCUT2D eigenvalue weighted by Gasteiger charge is 2.16. The van der Waals surface area contributed by atoms with Gasteiger partial charge in [-0.05, 0) is 290 Å². The van der Waals surface area contributed by atoms with E-state index in [0.29, 0.717) is 26.4 Å². The SMILES string of the molecule is C=CC.C=CC.C=CCc1cc(-c2ccc(OCc3ccc(-c4ccc(C)cc4)cc3)c(CC=C)c2)ccc1OCc1ccccc1.C=CCc1cc(-c2ccc(OCc3ccccc3)c(CC=C)c2)ccc1OCC.COc1c(C)cc(-c2cc(C)c(Oc3ccc(-c4ccc(C)cc4)cc3)c(C)c2)cc1C. The average Bonchev–Trinajstić information content (AvgIpc) is 0.802. The maximum Gasteiger partial charge on any atom is 0.133 e. The van der Waals surface area contributed by atoms with Crippen LogP contribution in [0.3, 0.4) is 0 Å². The zero-order valence-electron chi connectivity index (χ0n) is 65.1. The maximum absolute atomic E-state index is 6.30. The fourth-order valence-corrected chi connectivity index (χ4v) is 12.5. The lowest BCUT2D eigenvalue weighted by Gasteiger charge is -2.16. The van der Waals surface area contributed by atoms with Crippen molar-refractivity contribution in [2.45, 2.75) is 108 Å². The van der Waals surface area contributed by atoms with Gasteiger partial charge in [0.15, 0.2) is 0 Å². The molecule has 12 rings (SSSR count). The Morgan fingerprint density at radius 2 is 0.556 bits per heavy atom. The van der Waals surface area contributed by atoms with Gasteiger partial charge in [0.05, 0.1) is 13.7 Å². The molecule has 0 N–H and O–H groups in total. The highest BCUT2D eigenvalue weighted by Crippen LogP contribution is 2.39. The quantitative estimate of drug-likeness (QED) is 0.0478. The van der Waals surface area contributed by atoms with Crippen molar-refractivity contribution in [1.82, 2.24) is 0 Å². The molecule has 0 saturated carbocycles. The van der Waals surface area contributed by atoms with Crippen LogP contribution in [-0.2, 0) is 45.5 Å². The minimum Gasteiger partial charge on any atom is -0.496 e. The fourth-order valence-electron chi connectivity index (χ4n) is 12.5. The second-order valence-corrected chi connectivity index (χ2v) is 26.5. The van der Waals surface area contributed by atoms with Crippen molar-refractivity contribution in [2.75, 3.05) is 13.7 Å². The molecule has 0 saturated heterocycles. The van der Waals surface area contributed by atoms with Gasteiger partial charge in [0.25, 0.3) is 0 Å². The summed E-state index contributed by atoms with van der Waals surface area (Å²) in [6.07, 6.45) is 14.2. The van der Waals surface area contributed by atoms with E-state index in [0.717, 1.165) is 149 Å². The molecule has 0 bridgehead atoms. The Morgan fingerprint density at radius 3 is 0.852 bits per heavy atom. The van der Waals surface area contributed by atoms with Crippen LogP contribution in [0.5, 0.6) is 40.2 Å². The number of ether oxygens (including phenoxy) is 6. The molecule has 12 aromatic rings. The first-order valence-corrected chi connectivity index (χ1v) is 37.0. The standard InChI is InChI=1S/C39H36O2.C30H30O2.C27H28O2.2C3H6/c1-4-9-36-25-34(21-23-38(36)40-27-30-11-7-6-8-12-30)35-22-24-39(37(26-35)10-5-2)41-28-31-15-19-33(20-16-31)32-17-13-29(3)14-18-32;1-19-7-9-24(10-8-19)25-11-13-28(14-12-25)32-30-22(4)17-27(18-23(30)5)26-15-20(2)29(31-6)21(3)16-26;1-4-10-24-18-22(14-16-26(24)28-6-3)23-15-17-27(25(19-23)11-5-2)29-20-21-12-8-7-9-13-21;2*1-3-2/h4-8,11-26H,1-2,9-10,27-28H2,3H3;7-18H,1-6H3;4-5,7-9,12-19H,1-2,6,10-11,20H2,3H3;2*3H,1H2,2H3. The molecular weight excluding hydrogens is 1320 g/mol. The summed E-state index contributed by atoms with van der Waals surface area (Å²) < 4.78 is 36.2. The van der Waals surface area contributed by atoms with E-state index in [1.54, 1.807) is 19.3 Å². The van der Waals surface area contributed by atoms with Crippen molar-refractivity contribution in [3.63, 3.8) is 0 Å². The van der Waals surface area contributed by atoms with E-state index in [4.69, 9.17) is 28.4 Å². The van der Waals surface area contributed by atoms with Crippen LogP contribution in [-0.4, -0.2) is 13.7 Å². The van der Waals surface area contributed by atoms with Crippen LogP contribution in [0.2, 0.25) is 0 Å². The fraction of sp³-hybridized carbons (Fsp3) is 0.176. The number of hydrogen-bond acceptors (Lipinski definition) is 6. The van der Waals surface area contributed by atoms with E-state index >= 15 is 0 Å². The van der Waals surface area contributed by atoms with Crippen molar-refractivity contribution < 1.29 is 28.4 Å². The number of benzene rings is 12. The Hall–Kier alpha value is -12.1. The highest BCUT2D eigenvalue weighted by molar-refractivity contribution is 5.73. The Balaban J connectivity index is 0.000000200. The first kappa shape index (κ1) is 81.5. The van der Waals surface area contributed by atoms with Crippen LogP contribution in [0.4, 0.5) is 0 Å². The van der Waals surface area contributed by atoms with Gasteiger partial charge in [-0.15, -0.1) is 39.5 Å². The van der Waals surface area contributed by atoms with Crippen molar-refractivity contribution in [3.05, 3.63) is 403 Å². The van der Waals surface area contributed by atoms with E-state index in [9.17, 15) is 0 Å². The van der Waals surface area contributed by atoms with Crippen molar-refractivity contribution in [3.8, 4) is 95.9 Å². The van der Waals surface area contributed by atoms with Crippen LogP contribution in [0.1, 0.15) is 93.1 Å². The van der Waals surface area contributed by atoms with Gasteiger partial charge in [-0.1, -0.05) is 217 Å². The third-order valence-electron chi connectivity index (χ3n) is 17.8. The molecule has 6 heteroatoms. The Labute approximate surface area is 645 Å². The lowest BCUT2D eigenvalue weighted by molar-refractivity contribution is 0.303. The largest absolute Gasteiger partial charge is 0.496 e. The van der Waals surface area contributed by atoms with Crippen molar-refractivity contribution >= 4 is 0 Å². The second kappa shape index (κ2) is 42.7. The summed E-state index contributed by atoms with van der Waals surface area (Å²) in [6, 6.07) is 88.8. The van der Waals surface area contributed by atoms with E-state index in [2.05, 4.69) is 281 Å². The molecule has 12 aromatic carbocycles. The first-order chi connectivity index (χ1) is 52.5. The second-order valence-electron chi connectivity index (χ2n) is 26.5. The summed E-state index contributed by atoms with van der Waals surface area (Å²) >= 11 is 0. The smallest absolute Gasteiger partial charge is 0.133 e. The minimum atomic E-state index is 0.509. The van der Waals surface area contributed by atoms with Crippen molar-refractivity contribution in [2.24, 2.45) is 0 Å². The third kappa shape index (κ3) is 24.0. The third-order valence-corrected chi connectivity index (χ3v) is 17.8. The predicted octanol–water partition coefficient (Wildman–Crippen LogP) is 27.5. The predicted molar refractivity (Wildman–Crippen MR) is 459 cm³/mol. The van der Waals surface area contributed by atoms with Gasteiger partial charge < -0.3 is 28.4 Å². The van der Waals surface area contributed by atoms with E-state index in [1.165, 1.54) is 44.5 Å². The van der Waals surface area contributed by atoms with E-state index in [1.807, 2.05) is 99.7 Å². The van der Waals surface area contributed by atoms with Crippen LogP contribution in [0.25, 0.3) is 55.6 Å². The maximum atomic E-state index is 6.30. The Kier molecular flexibility index (Phi) is 32.3. The summed E-state index contributed by atoms with van der Waals surface area (Å²) in [7, 11) is 1.72. The summed E-state index contributed by atoms with van der Waals surface area (Å²) in [5.74, 6) is 6.30. The minimum absolute atomic E-state index is 0.509. The van der Waals surface area contributed by atoms with Gasteiger partial charge >= 0.3 is 0 Å². The molecular formula is C102H106O6. The van der Waals surface area contributed by atoms with E-state index < -0.39 is 0 Å². The van der Waals surface area contributed by atoms with Gasteiger partial charge in [0, 0.05) is 0 Å². The van der Waals surface area contributed by atoms with Gasteiger partial charge in [0.1, 0.15) is 60.1 Å². The molecule has 550 valence electrons. The normalized spacial score (nSPS) is 10.3. The molecule has 0 radical (unpaired) electrons. The molecule has 0 aliphatic heterocycles. The molecule has 0 unspecified atom stereocenters. The molecule has 0 aliphatic carbocycles. The molecule has 0 atom stereocenters. The van der Waals surface area contributed by atoms with Crippen molar-refractivity contribution in [1.29, 1.82) is 0 Å².